The Hall–Kier alpha value is -3.09. The molecule has 7 nitrogen and oxygen atoms in total. The van der Waals surface area contributed by atoms with Crippen LogP contribution in [0.5, 0.6) is 5.88 Å². The second kappa shape index (κ2) is 7.21. The van der Waals surface area contributed by atoms with Crippen molar-refractivity contribution < 1.29 is 14.6 Å². The topological polar surface area (TPSA) is 114 Å². The number of nitrogen functional groups attached to an aromatic ring is 1. The van der Waals surface area contributed by atoms with Gasteiger partial charge in [-0.1, -0.05) is 12.1 Å². The number of nitrogens with one attached hydrogen (secondary N) is 1. The highest BCUT2D eigenvalue weighted by Gasteiger charge is 2.12. The molecule has 0 spiro atoms. The Morgan fingerprint density at radius 1 is 1.24 bits per heavy atom. The summed E-state index contributed by atoms with van der Waals surface area (Å²) >= 11 is 0. The fourth-order valence-electron chi connectivity index (χ4n) is 2.80. The molecule has 4 N–H and O–H groups in total. The lowest BCUT2D eigenvalue weighted by atomic mass is 10.0. The van der Waals surface area contributed by atoms with Crippen molar-refractivity contribution in [1.29, 1.82) is 0 Å². The van der Waals surface area contributed by atoms with Crippen LogP contribution >= 0.6 is 0 Å². The van der Waals surface area contributed by atoms with Gasteiger partial charge in [-0.25, -0.2) is 4.79 Å². The summed E-state index contributed by atoms with van der Waals surface area (Å²) in [5.74, 6) is -0.361. The number of aromatic amines is 1. The van der Waals surface area contributed by atoms with E-state index in [1.807, 2.05) is 18.3 Å². The summed E-state index contributed by atoms with van der Waals surface area (Å²) in [6.07, 6.45) is 4.32. The maximum absolute atomic E-state index is 11.6. The number of hydrogen-bond acceptors (Lipinski definition) is 6. The number of carbonyl (C=O) groups excluding carboxylic acids is 1. The van der Waals surface area contributed by atoms with Crippen LogP contribution in [0.15, 0.2) is 30.5 Å². The van der Waals surface area contributed by atoms with Crippen LogP contribution in [0.4, 0.5) is 5.95 Å². The van der Waals surface area contributed by atoms with Crippen LogP contribution in [-0.4, -0.2) is 32.6 Å². The molecule has 3 aromatic rings. The van der Waals surface area contributed by atoms with Crippen molar-refractivity contribution in [3.8, 4) is 5.88 Å². The highest BCUT2D eigenvalue weighted by atomic mass is 16.5. The molecule has 0 amide bonds. The molecule has 2 aromatic heterocycles. The Labute approximate surface area is 144 Å². The Bertz CT molecular complexity index is 887. The van der Waals surface area contributed by atoms with E-state index in [1.165, 1.54) is 0 Å². The van der Waals surface area contributed by atoms with Crippen LogP contribution < -0.4 is 5.73 Å². The van der Waals surface area contributed by atoms with Crippen LogP contribution in [0.3, 0.4) is 0 Å². The first-order valence-corrected chi connectivity index (χ1v) is 8.17. The van der Waals surface area contributed by atoms with Crippen molar-refractivity contribution >= 4 is 23.0 Å². The zero-order valence-corrected chi connectivity index (χ0v) is 14.0. The molecule has 0 unspecified atom stereocenters. The summed E-state index contributed by atoms with van der Waals surface area (Å²) in [7, 11) is 0. The lowest BCUT2D eigenvalue weighted by molar-refractivity contribution is 0.0526. The minimum atomic E-state index is -0.303. The molecule has 0 saturated heterocycles. The summed E-state index contributed by atoms with van der Waals surface area (Å²) in [6, 6.07) is 7.43. The number of esters is 1. The van der Waals surface area contributed by atoms with E-state index in [2.05, 4.69) is 15.0 Å². The molecular formula is C18H20N4O3. The average molecular weight is 340 g/mol. The molecule has 7 heteroatoms. The number of benzene rings is 1. The van der Waals surface area contributed by atoms with Gasteiger partial charge in [-0.2, -0.15) is 9.97 Å². The largest absolute Gasteiger partial charge is 0.493 e. The van der Waals surface area contributed by atoms with Crippen molar-refractivity contribution in [2.45, 2.75) is 26.2 Å². The Balaban J connectivity index is 1.63. The quantitative estimate of drug-likeness (QED) is 0.594. The van der Waals surface area contributed by atoms with Crippen molar-refractivity contribution in [2.75, 3.05) is 12.3 Å². The van der Waals surface area contributed by atoms with Gasteiger partial charge in [-0.3, -0.25) is 0 Å². The summed E-state index contributed by atoms with van der Waals surface area (Å²) in [4.78, 5) is 22.5. The molecule has 0 aliphatic carbocycles. The molecule has 0 atom stereocenters. The van der Waals surface area contributed by atoms with Crippen molar-refractivity contribution in [3.63, 3.8) is 0 Å². The Morgan fingerprint density at radius 2 is 2.00 bits per heavy atom. The monoisotopic (exact) mass is 340 g/mol. The van der Waals surface area contributed by atoms with Gasteiger partial charge in [0.25, 0.3) is 0 Å². The molecule has 3 rings (SSSR count). The maximum atomic E-state index is 11.6. The Morgan fingerprint density at radius 3 is 2.72 bits per heavy atom. The summed E-state index contributed by atoms with van der Waals surface area (Å²) < 4.78 is 4.97. The van der Waals surface area contributed by atoms with E-state index in [1.54, 1.807) is 19.1 Å². The highest BCUT2D eigenvalue weighted by Crippen LogP contribution is 2.26. The number of H-pyrrole nitrogens is 1. The first-order valence-electron chi connectivity index (χ1n) is 8.17. The number of nitrogens with two attached hydrogens (primary N) is 1. The van der Waals surface area contributed by atoms with Gasteiger partial charge in [-0.15, -0.1) is 0 Å². The molecule has 130 valence electrons. The van der Waals surface area contributed by atoms with E-state index in [9.17, 15) is 9.90 Å². The number of aryl methyl sites for hydroxylation is 2. The number of carbonyl (C=O) groups is 1. The number of aromatic hydroxyl groups is 1. The molecular weight excluding hydrogens is 320 g/mol. The molecule has 25 heavy (non-hydrogen) atoms. The number of rotatable bonds is 6. The van der Waals surface area contributed by atoms with Crippen LogP contribution in [-0.2, 0) is 17.6 Å². The molecule has 0 fully saturated rings. The lowest BCUT2D eigenvalue weighted by Crippen LogP contribution is -2.04. The molecule has 0 aliphatic heterocycles. The van der Waals surface area contributed by atoms with Gasteiger partial charge in [-0.05, 0) is 49.4 Å². The van der Waals surface area contributed by atoms with Gasteiger partial charge in [0.2, 0.25) is 11.8 Å². The third-order valence-electron chi connectivity index (χ3n) is 3.99. The average Bonchev–Trinajstić information content (AvgIpc) is 2.99. The molecule has 0 bridgehead atoms. The highest BCUT2D eigenvalue weighted by molar-refractivity contribution is 5.89. The van der Waals surface area contributed by atoms with Crippen LogP contribution in [0, 0.1) is 0 Å². The number of fused-ring (bicyclic) bond motifs is 1. The first-order chi connectivity index (χ1) is 12.1. The molecule has 0 radical (unpaired) electrons. The standard InChI is InChI=1S/C18H20N4O3/c1-2-25-17(24)12-8-6-11(7-9-12)4-3-5-13-10-20-15-14(13)16(23)22-18(19)21-15/h6-10H,2-5H2,1H3,(H4,19,20,21,22,23). The van der Waals surface area contributed by atoms with Gasteiger partial charge >= 0.3 is 5.97 Å². The second-order valence-corrected chi connectivity index (χ2v) is 5.71. The van der Waals surface area contributed by atoms with E-state index in [0.29, 0.717) is 23.2 Å². The molecule has 0 aliphatic rings. The van der Waals surface area contributed by atoms with Gasteiger partial charge in [0, 0.05) is 6.20 Å². The van der Waals surface area contributed by atoms with Gasteiger partial charge in [0.1, 0.15) is 5.65 Å². The second-order valence-electron chi connectivity index (χ2n) is 5.71. The number of anilines is 1. The molecule has 1 aromatic carbocycles. The number of nitrogens with zero attached hydrogens (tertiary/aromatic N) is 2. The number of hydrogen-bond donors (Lipinski definition) is 3. The predicted molar refractivity (Wildman–Crippen MR) is 94.4 cm³/mol. The fraction of sp³-hybridized carbons (Fsp3) is 0.278. The zero-order valence-electron chi connectivity index (χ0n) is 14.0. The van der Waals surface area contributed by atoms with E-state index in [-0.39, 0.29) is 17.8 Å². The molecule has 2 heterocycles. The summed E-state index contributed by atoms with van der Waals surface area (Å²) in [5, 5.41) is 10.6. The third kappa shape index (κ3) is 3.71. The van der Waals surface area contributed by atoms with Crippen LogP contribution in [0.1, 0.15) is 34.8 Å². The van der Waals surface area contributed by atoms with Gasteiger partial charge in [0.05, 0.1) is 17.6 Å². The predicted octanol–water partition coefficient (Wildman–Crippen LogP) is 2.60. The van der Waals surface area contributed by atoms with Crippen molar-refractivity contribution in [3.05, 3.63) is 47.2 Å². The smallest absolute Gasteiger partial charge is 0.338 e. The maximum Gasteiger partial charge on any atom is 0.338 e. The first kappa shape index (κ1) is 16.8. The van der Waals surface area contributed by atoms with Crippen LogP contribution in [0.2, 0.25) is 0 Å². The van der Waals surface area contributed by atoms with E-state index >= 15 is 0 Å². The van der Waals surface area contributed by atoms with E-state index in [0.717, 1.165) is 30.4 Å². The summed E-state index contributed by atoms with van der Waals surface area (Å²) in [5.41, 5.74) is 8.72. The van der Waals surface area contributed by atoms with Gasteiger partial charge in [0.15, 0.2) is 0 Å². The zero-order chi connectivity index (χ0) is 17.8. The minimum Gasteiger partial charge on any atom is -0.493 e. The van der Waals surface area contributed by atoms with E-state index in [4.69, 9.17) is 10.5 Å². The minimum absolute atomic E-state index is 0.0417. The van der Waals surface area contributed by atoms with Crippen molar-refractivity contribution in [2.24, 2.45) is 0 Å². The third-order valence-corrected chi connectivity index (χ3v) is 3.99. The Kier molecular flexibility index (Phi) is 4.83. The number of ether oxygens (including phenoxy) is 1. The lowest BCUT2D eigenvalue weighted by Gasteiger charge is -2.05. The SMILES string of the molecule is CCOC(=O)c1ccc(CCCc2c[nH]c3nc(N)nc(O)c23)cc1. The van der Waals surface area contributed by atoms with Crippen LogP contribution in [0.25, 0.3) is 11.0 Å². The summed E-state index contributed by atoms with van der Waals surface area (Å²) in [6.45, 7) is 2.15. The number of aromatic nitrogens is 3. The van der Waals surface area contributed by atoms with Gasteiger partial charge < -0.3 is 20.6 Å². The van der Waals surface area contributed by atoms with Crippen molar-refractivity contribution in [1.82, 2.24) is 15.0 Å². The normalized spacial score (nSPS) is 10.9. The van der Waals surface area contributed by atoms with E-state index < -0.39 is 0 Å². The fourth-order valence-corrected chi connectivity index (χ4v) is 2.80. The molecule has 0 saturated carbocycles.